The predicted molar refractivity (Wildman–Crippen MR) is 240 cm³/mol. The van der Waals surface area contributed by atoms with E-state index in [2.05, 4.69) is 146 Å². The molecule has 0 atom stereocenters. The summed E-state index contributed by atoms with van der Waals surface area (Å²) < 4.78 is 0. The van der Waals surface area contributed by atoms with Crippen LogP contribution in [0.25, 0.3) is 111 Å². The zero-order valence-electron chi connectivity index (χ0n) is 31.4. The van der Waals surface area contributed by atoms with Gasteiger partial charge in [0.05, 0.1) is 11.2 Å². The summed E-state index contributed by atoms with van der Waals surface area (Å²) in [6.07, 6.45) is 0. The van der Waals surface area contributed by atoms with Crippen LogP contribution in [0.3, 0.4) is 0 Å². The van der Waals surface area contributed by atoms with Crippen molar-refractivity contribution in [3.63, 3.8) is 0 Å². The van der Waals surface area contributed by atoms with E-state index < -0.39 is 0 Å². The van der Waals surface area contributed by atoms with Crippen molar-refractivity contribution in [3.8, 4) is 67.7 Å². The van der Waals surface area contributed by atoms with Gasteiger partial charge in [-0.3, -0.25) is 0 Å². The summed E-state index contributed by atoms with van der Waals surface area (Å²) in [6, 6.07) is 72.4. The summed E-state index contributed by atoms with van der Waals surface area (Å²) in [6.45, 7) is 0. The van der Waals surface area contributed by atoms with Crippen molar-refractivity contribution in [2.45, 2.75) is 0 Å². The van der Waals surface area contributed by atoms with E-state index in [0.717, 1.165) is 60.9 Å². The standard InChI is InChI=1S/C54H34N4/c1-3-14-39(15-4-1)52-56-53(40-16-5-2-6-17-40)58-54(57-52)41-30-25-37(26-31-41)36-23-28-38(29-24-36)47-34-48-50(45-20-10-9-19-44(45)47)46-21-11-12-22-49(46)55-51(48)43-32-27-35-13-7-8-18-42(35)33-43/h1-34H. The molecule has 0 amide bonds. The average molecular weight is 739 g/mol. The first-order valence-electron chi connectivity index (χ1n) is 19.6. The minimum atomic E-state index is 0.642. The molecule has 0 saturated carbocycles. The Labute approximate surface area is 335 Å². The molecule has 4 nitrogen and oxygen atoms in total. The Kier molecular flexibility index (Phi) is 8.11. The molecule has 0 saturated heterocycles. The van der Waals surface area contributed by atoms with E-state index >= 15 is 0 Å². The van der Waals surface area contributed by atoms with E-state index in [0.29, 0.717) is 17.5 Å². The molecule has 58 heavy (non-hydrogen) atoms. The van der Waals surface area contributed by atoms with Crippen LogP contribution in [0, 0.1) is 0 Å². The van der Waals surface area contributed by atoms with Gasteiger partial charge in [-0.1, -0.05) is 188 Å². The van der Waals surface area contributed by atoms with Crippen molar-refractivity contribution in [2.24, 2.45) is 0 Å². The topological polar surface area (TPSA) is 51.6 Å². The Morgan fingerprint density at radius 3 is 1.36 bits per heavy atom. The summed E-state index contributed by atoms with van der Waals surface area (Å²) in [5.74, 6) is 1.94. The lowest BCUT2D eigenvalue weighted by Crippen LogP contribution is -2.00. The highest BCUT2D eigenvalue weighted by Crippen LogP contribution is 2.42. The van der Waals surface area contributed by atoms with Gasteiger partial charge in [0.25, 0.3) is 0 Å². The minimum absolute atomic E-state index is 0.642. The smallest absolute Gasteiger partial charge is 0.164 e. The second kappa shape index (κ2) is 14.0. The molecule has 0 radical (unpaired) electrons. The molecule has 2 heterocycles. The van der Waals surface area contributed by atoms with E-state index in [1.54, 1.807) is 0 Å². The van der Waals surface area contributed by atoms with Gasteiger partial charge in [0, 0.05) is 38.4 Å². The number of rotatable bonds is 6. The number of benzene rings is 9. The largest absolute Gasteiger partial charge is 0.247 e. The zero-order chi connectivity index (χ0) is 38.4. The molecule has 2 aromatic heterocycles. The average Bonchev–Trinajstić information content (AvgIpc) is 3.31. The summed E-state index contributed by atoms with van der Waals surface area (Å²) >= 11 is 0. The normalized spacial score (nSPS) is 11.4. The minimum Gasteiger partial charge on any atom is -0.247 e. The molecule has 0 spiro atoms. The Balaban J connectivity index is 0.993. The van der Waals surface area contributed by atoms with Gasteiger partial charge < -0.3 is 0 Å². The quantitative estimate of drug-likeness (QED) is 0.159. The summed E-state index contributed by atoms with van der Waals surface area (Å²) in [5, 5.41) is 8.40. The number of pyridine rings is 1. The van der Waals surface area contributed by atoms with Gasteiger partial charge in [-0.15, -0.1) is 0 Å². The fourth-order valence-electron chi connectivity index (χ4n) is 8.20. The molecule has 270 valence electrons. The molecule has 0 bridgehead atoms. The first-order valence-corrected chi connectivity index (χ1v) is 19.6. The van der Waals surface area contributed by atoms with E-state index in [4.69, 9.17) is 19.9 Å². The van der Waals surface area contributed by atoms with Crippen molar-refractivity contribution >= 4 is 43.2 Å². The summed E-state index contributed by atoms with van der Waals surface area (Å²) in [4.78, 5) is 20.0. The summed E-state index contributed by atoms with van der Waals surface area (Å²) in [5.41, 5.74) is 10.5. The monoisotopic (exact) mass is 738 g/mol. The van der Waals surface area contributed by atoms with E-state index in [9.17, 15) is 0 Å². The molecule has 0 aliphatic carbocycles. The van der Waals surface area contributed by atoms with Gasteiger partial charge in [-0.2, -0.15) is 0 Å². The summed E-state index contributed by atoms with van der Waals surface area (Å²) in [7, 11) is 0. The fraction of sp³-hybridized carbons (Fsp3) is 0. The van der Waals surface area contributed by atoms with Crippen molar-refractivity contribution in [3.05, 3.63) is 206 Å². The maximum absolute atomic E-state index is 5.33. The van der Waals surface area contributed by atoms with Crippen LogP contribution in [0.15, 0.2) is 206 Å². The van der Waals surface area contributed by atoms with Crippen LogP contribution >= 0.6 is 0 Å². The SMILES string of the molecule is c1ccc(-c2nc(-c3ccccc3)nc(-c3ccc(-c4ccc(-c5cc6c(-c7ccc8ccccc8c7)nc7ccccc7c6c6ccccc56)cc4)cc3)n2)cc1. The van der Waals surface area contributed by atoms with Gasteiger partial charge in [0.2, 0.25) is 0 Å². The van der Waals surface area contributed by atoms with Crippen LogP contribution < -0.4 is 0 Å². The van der Waals surface area contributed by atoms with Crippen LogP contribution in [0.1, 0.15) is 0 Å². The maximum Gasteiger partial charge on any atom is 0.164 e. The van der Waals surface area contributed by atoms with Crippen LogP contribution in [-0.4, -0.2) is 19.9 Å². The number of hydrogen-bond acceptors (Lipinski definition) is 4. The molecule has 0 aliphatic heterocycles. The molecule has 0 unspecified atom stereocenters. The Bertz CT molecular complexity index is 3250. The zero-order valence-corrected chi connectivity index (χ0v) is 31.4. The van der Waals surface area contributed by atoms with Crippen molar-refractivity contribution in [1.29, 1.82) is 0 Å². The third kappa shape index (κ3) is 5.96. The van der Waals surface area contributed by atoms with Crippen molar-refractivity contribution < 1.29 is 0 Å². The fourth-order valence-corrected chi connectivity index (χ4v) is 8.20. The molecule has 0 fully saturated rings. The van der Waals surface area contributed by atoms with E-state index in [1.807, 2.05) is 60.7 Å². The molecular formula is C54H34N4. The van der Waals surface area contributed by atoms with Crippen LogP contribution in [0.2, 0.25) is 0 Å². The number of hydrogen-bond donors (Lipinski definition) is 0. The van der Waals surface area contributed by atoms with Crippen LogP contribution in [-0.2, 0) is 0 Å². The first kappa shape index (κ1) is 33.5. The van der Waals surface area contributed by atoms with Crippen molar-refractivity contribution in [2.75, 3.05) is 0 Å². The van der Waals surface area contributed by atoms with Crippen LogP contribution in [0.5, 0.6) is 0 Å². The highest BCUT2D eigenvalue weighted by atomic mass is 15.0. The number of fused-ring (bicyclic) bond motifs is 6. The maximum atomic E-state index is 5.33. The highest BCUT2D eigenvalue weighted by molar-refractivity contribution is 6.25. The first-order chi connectivity index (χ1) is 28.7. The van der Waals surface area contributed by atoms with Gasteiger partial charge in [0.1, 0.15) is 0 Å². The highest BCUT2D eigenvalue weighted by Gasteiger charge is 2.18. The lowest BCUT2D eigenvalue weighted by atomic mass is 9.89. The van der Waals surface area contributed by atoms with Crippen molar-refractivity contribution in [1.82, 2.24) is 19.9 Å². The van der Waals surface area contributed by atoms with Gasteiger partial charge in [-0.05, 0) is 62.0 Å². The molecule has 0 N–H and O–H groups in total. The Morgan fingerprint density at radius 1 is 0.259 bits per heavy atom. The van der Waals surface area contributed by atoms with Gasteiger partial charge in [0.15, 0.2) is 17.5 Å². The lowest BCUT2D eigenvalue weighted by molar-refractivity contribution is 1.07. The molecule has 11 rings (SSSR count). The molecule has 11 aromatic rings. The second-order valence-electron chi connectivity index (χ2n) is 14.6. The molecule has 9 aromatic carbocycles. The third-order valence-electron chi connectivity index (χ3n) is 11.1. The van der Waals surface area contributed by atoms with E-state index in [1.165, 1.54) is 32.5 Å². The molecule has 0 aliphatic rings. The molecule has 4 heteroatoms. The van der Waals surface area contributed by atoms with E-state index in [-0.39, 0.29) is 0 Å². The number of nitrogens with zero attached hydrogens (tertiary/aromatic N) is 4. The lowest BCUT2D eigenvalue weighted by Gasteiger charge is -2.16. The number of para-hydroxylation sites is 1. The van der Waals surface area contributed by atoms with Crippen LogP contribution in [0.4, 0.5) is 0 Å². The van der Waals surface area contributed by atoms with Gasteiger partial charge >= 0.3 is 0 Å². The Morgan fingerprint density at radius 2 is 0.724 bits per heavy atom. The Hall–Kier alpha value is -7.82. The molecular weight excluding hydrogens is 705 g/mol. The van der Waals surface area contributed by atoms with Gasteiger partial charge in [-0.25, -0.2) is 19.9 Å². The second-order valence-corrected chi connectivity index (χ2v) is 14.6. The third-order valence-corrected chi connectivity index (χ3v) is 11.1. The number of aromatic nitrogens is 4. The predicted octanol–water partition coefficient (Wildman–Crippen LogP) is 13.9.